The van der Waals surface area contributed by atoms with Gasteiger partial charge in [-0.2, -0.15) is 0 Å². The third-order valence-corrected chi connectivity index (χ3v) is 5.14. The number of hydrogen-bond donors (Lipinski definition) is 1. The summed E-state index contributed by atoms with van der Waals surface area (Å²) < 4.78 is 16.2. The van der Waals surface area contributed by atoms with Gasteiger partial charge in [-0.1, -0.05) is 12.1 Å². The van der Waals surface area contributed by atoms with Crippen LogP contribution in [0.5, 0.6) is 17.2 Å². The molecule has 1 aliphatic heterocycles. The molecule has 146 valence electrons. The first-order valence-electron chi connectivity index (χ1n) is 9.54. The van der Waals surface area contributed by atoms with Gasteiger partial charge in [0.25, 0.3) is 0 Å². The lowest BCUT2D eigenvalue weighted by molar-refractivity contribution is 0.238. The van der Waals surface area contributed by atoms with Crippen LogP contribution in [0.25, 0.3) is 0 Å². The Hall–Kier alpha value is -2.24. The number of methoxy groups -OCH3 is 3. The third kappa shape index (κ3) is 5.15. The highest BCUT2D eigenvalue weighted by Gasteiger charge is 2.23. The molecule has 0 aliphatic carbocycles. The largest absolute Gasteiger partial charge is 0.497 e. The summed E-state index contributed by atoms with van der Waals surface area (Å²) in [7, 11) is 5.08. The smallest absolute Gasteiger partial charge is 0.122 e. The zero-order valence-electron chi connectivity index (χ0n) is 16.5. The highest BCUT2D eigenvalue weighted by Crippen LogP contribution is 2.27. The Morgan fingerprint density at radius 1 is 0.889 bits per heavy atom. The number of hydrogen-bond acceptors (Lipinski definition) is 5. The fraction of sp³-hybridized carbons (Fsp3) is 0.455. The normalized spacial score (nSPS) is 15.5. The summed E-state index contributed by atoms with van der Waals surface area (Å²) >= 11 is 0. The maximum absolute atomic E-state index is 5.43. The molecule has 0 spiro atoms. The monoisotopic (exact) mass is 370 g/mol. The van der Waals surface area contributed by atoms with Crippen molar-refractivity contribution in [2.45, 2.75) is 25.4 Å². The van der Waals surface area contributed by atoms with E-state index in [-0.39, 0.29) is 0 Å². The van der Waals surface area contributed by atoms with Gasteiger partial charge in [0, 0.05) is 25.2 Å². The minimum atomic E-state index is 0.343. The second kappa shape index (κ2) is 9.62. The maximum atomic E-state index is 5.43. The highest BCUT2D eigenvalue weighted by atomic mass is 16.5. The molecule has 0 bridgehead atoms. The second-order valence-corrected chi connectivity index (χ2v) is 6.89. The lowest BCUT2D eigenvalue weighted by Gasteiger charge is -2.28. The van der Waals surface area contributed by atoms with Crippen LogP contribution in [0, 0.1) is 0 Å². The number of nitrogens with zero attached hydrogens (tertiary/aromatic N) is 1. The summed E-state index contributed by atoms with van der Waals surface area (Å²) in [4.78, 5) is 2.56. The predicted octanol–water partition coefficient (Wildman–Crippen LogP) is 3.64. The van der Waals surface area contributed by atoms with E-state index in [1.165, 1.54) is 18.4 Å². The van der Waals surface area contributed by atoms with Crippen LogP contribution < -0.4 is 19.5 Å². The maximum Gasteiger partial charge on any atom is 0.122 e. The first-order chi connectivity index (χ1) is 13.2. The Bertz CT molecular complexity index is 707. The van der Waals surface area contributed by atoms with Crippen molar-refractivity contribution < 1.29 is 14.2 Å². The summed E-state index contributed by atoms with van der Waals surface area (Å²) in [5.74, 6) is 2.54. The Morgan fingerprint density at radius 3 is 2.19 bits per heavy atom. The van der Waals surface area contributed by atoms with E-state index in [1.54, 1.807) is 21.3 Å². The van der Waals surface area contributed by atoms with E-state index in [4.69, 9.17) is 14.2 Å². The van der Waals surface area contributed by atoms with Crippen LogP contribution in [0.1, 0.15) is 30.0 Å². The van der Waals surface area contributed by atoms with Crippen LogP contribution in [0.4, 0.5) is 0 Å². The molecule has 3 rings (SSSR count). The minimum absolute atomic E-state index is 0.343. The molecular weight excluding hydrogens is 340 g/mol. The van der Waals surface area contributed by atoms with Gasteiger partial charge in [0.05, 0.1) is 21.3 Å². The molecule has 1 N–H and O–H groups in total. The summed E-state index contributed by atoms with van der Waals surface area (Å²) in [5.41, 5.74) is 2.45. The van der Waals surface area contributed by atoms with Crippen molar-refractivity contribution in [1.29, 1.82) is 0 Å². The van der Waals surface area contributed by atoms with E-state index in [1.807, 2.05) is 24.3 Å². The quantitative estimate of drug-likeness (QED) is 0.730. The van der Waals surface area contributed by atoms with Crippen molar-refractivity contribution in [2.75, 3.05) is 41.0 Å². The van der Waals surface area contributed by atoms with E-state index >= 15 is 0 Å². The van der Waals surface area contributed by atoms with Gasteiger partial charge in [-0.25, -0.2) is 0 Å². The molecule has 5 nitrogen and oxygen atoms in total. The zero-order valence-corrected chi connectivity index (χ0v) is 16.5. The molecule has 1 fully saturated rings. The molecule has 0 radical (unpaired) electrons. The van der Waals surface area contributed by atoms with Crippen LogP contribution in [0.2, 0.25) is 0 Å². The Labute approximate surface area is 162 Å². The van der Waals surface area contributed by atoms with Crippen molar-refractivity contribution in [3.8, 4) is 17.2 Å². The lowest BCUT2D eigenvalue weighted by Crippen LogP contribution is -2.34. The number of rotatable bonds is 9. The Morgan fingerprint density at radius 2 is 1.56 bits per heavy atom. The van der Waals surface area contributed by atoms with Gasteiger partial charge in [0.1, 0.15) is 17.2 Å². The molecule has 1 heterocycles. The van der Waals surface area contributed by atoms with E-state index in [0.717, 1.165) is 49.0 Å². The first kappa shape index (κ1) is 19.5. The molecule has 0 aromatic heterocycles. The number of ether oxygens (including phenoxy) is 3. The van der Waals surface area contributed by atoms with Gasteiger partial charge >= 0.3 is 0 Å². The Balaban J connectivity index is 1.69. The number of nitrogens with one attached hydrogen (secondary N) is 1. The van der Waals surface area contributed by atoms with Crippen molar-refractivity contribution in [3.05, 3.63) is 53.6 Å². The molecule has 1 saturated heterocycles. The van der Waals surface area contributed by atoms with Crippen molar-refractivity contribution in [3.63, 3.8) is 0 Å². The summed E-state index contributed by atoms with van der Waals surface area (Å²) in [6.07, 6.45) is 2.54. The van der Waals surface area contributed by atoms with E-state index in [2.05, 4.69) is 28.4 Å². The second-order valence-electron chi connectivity index (χ2n) is 6.89. The average molecular weight is 370 g/mol. The predicted molar refractivity (Wildman–Crippen MR) is 108 cm³/mol. The molecule has 2 aromatic rings. The Kier molecular flexibility index (Phi) is 6.96. The van der Waals surface area contributed by atoms with Crippen LogP contribution >= 0.6 is 0 Å². The summed E-state index contributed by atoms with van der Waals surface area (Å²) in [5, 5.41) is 3.62. The zero-order chi connectivity index (χ0) is 19.1. The molecule has 2 aromatic carbocycles. The van der Waals surface area contributed by atoms with Crippen LogP contribution in [-0.4, -0.2) is 45.9 Å². The fourth-order valence-electron chi connectivity index (χ4n) is 3.68. The summed E-state index contributed by atoms with van der Waals surface area (Å²) in [6, 6.07) is 14.8. The van der Waals surface area contributed by atoms with Gasteiger partial charge in [-0.15, -0.1) is 0 Å². The van der Waals surface area contributed by atoms with E-state index in [9.17, 15) is 0 Å². The number of benzene rings is 2. The third-order valence-electron chi connectivity index (χ3n) is 5.14. The van der Waals surface area contributed by atoms with Gasteiger partial charge in [0.15, 0.2) is 0 Å². The first-order valence-corrected chi connectivity index (χ1v) is 9.54. The SMILES string of the molecule is COc1cc(CNCC(c2cccc(OC)c2)N2CCCC2)cc(OC)c1. The average Bonchev–Trinajstić information content (AvgIpc) is 3.25. The van der Waals surface area contributed by atoms with E-state index < -0.39 is 0 Å². The standard InChI is InChI=1S/C22H30N2O3/c1-25-19-8-6-7-18(13-19)22(24-9-4-5-10-24)16-23-15-17-11-20(26-2)14-21(12-17)27-3/h6-8,11-14,22-23H,4-5,9-10,15-16H2,1-3H3. The van der Waals surface area contributed by atoms with Crippen LogP contribution in [-0.2, 0) is 6.54 Å². The topological polar surface area (TPSA) is 43.0 Å². The van der Waals surface area contributed by atoms with Crippen molar-refractivity contribution in [1.82, 2.24) is 10.2 Å². The van der Waals surface area contributed by atoms with Gasteiger partial charge in [-0.3, -0.25) is 4.90 Å². The van der Waals surface area contributed by atoms with Crippen LogP contribution in [0.15, 0.2) is 42.5 Å². The fourth-order valence-corrected chi connectivity index (χ4v) is 3.68. The van der Waals surface area contributed by atoms with Crippen molar-refractivity contribution >= 4 is 0 Å². The molecule has 27 heavy (non-hydrogen) atoms. The van der Waals surface area contributed by atoms with Gasteiger partial charge in [0.2, 0.25) is 0 Å². The van der Waals surface area contributed by atoms with Gasteiger partial charge in [-0.05, 0) is 61.3 Å². The lowest BCUT2D eigenvalue weighted by atomic mass is 10.0. The highest BCUT2D eigenvalue weighted by molar-refractivity contribution is 5.38. The molecule has 1 unspecified atom stereocenters. The molecule has 1 atom stereocenters. The molecule has 5 heteroatoms. The van der Waals surface area contributed by atoms with Crippen LogP contribution in [0.3, 0.4) is 0 Å². The molecule has 0 saturated carbocycles. The molecule has 0 amide bonds. The van der Waals surface area contributed by atoms with Crippen molar-refractivity contribution in [2.24, 2.45) is 0 Å². The molecule has 1 aliphatic rings. The molecular formula is C22H30N2O3. The van der Waals surface area contributed by atoms with Gasteiger partial charge < -0.3 is 19.5 Å². The minimum Gasteiger partial charge on any atom is -0.497 e. The number of likely N-dealkylation sites (tertiary alicyclic amines) is 1. The van der Waals surface area contributed by atoms with E-state index in [0.29, 0.717) is 6.04 Å². The summed E-state index contributed by atoms with van der Waals surface area (Å²) in [6.45, 7) is 3.95.